The highest BCUT2D eigenvalue weighted by molar-refractivity contribution is 6.24. The summed E-state index contributed by atoms with van der Waals surface area (Å²) in [4.78, 5) is 1.60. The van der Waals surface area contributed by atoms with E-state index in [9.17, 15) is 24.7 Å². The maximum Gasteiger partial charge on any atom is 0.0652 e. The average Bonchev–Trinajstić information content (AvgIpc) is 0.681. The first-order valence-electron chi connectivity index (χ1n) is 53.5. The number of hydrogen-bond donors (Lipinski definition) is 0. The fourth-order valence-corrected chi connectivity index (χ4v) is 6.34. The van der Waals surface area contributed by atoms with Crippen LogP contribution in [0, 0.1) is 27.7 Å². The summed E-state index contributed by atoms with van der Waals surface area (Å²) in [6.07, 6.45) is 0. The Balaban J connectivity index is -0.000000131. The van der Waals surface area contributed by atoms with E-state index in [2.05, 4.69) is 0 Å². The summed E-state index contributed by atoms with van der Waals surface area (Å²) >= 11 is 0. The molecular formula is C52H100N2. The number of anilines is 6. The van der Waals surface area contributed by atoms with E-state index < -0.39 is 211 Å². The molecule has 0 bridgehead atoms. The Morgan fingerprint density at radius 3 is 1.02 bits per heavy atom. The van der Waals surface area contributed by atoms with Gasteiger partial charge in [-0.15, -0.1) is 0 Å². The molecule has 0 N–H and O–H groups in total. The molecule has 0 saturated heterocycles. The molecule has 0 heterocycles. The fourth-order valence-electron chi connectivity index (χ4n) is 6.34. The summed E-state index contributed by atoms with van der Waals surface area (Å²) in [5, 5.41) is -4.08. The van der Waals surface area contributed by atoms with Gasteiger partial charge in [0.2, 0.25) is 0 Å². The summed E-state index contributed by atoms with van der Waals surface area (Å²) in [5.41, 5.74) is -4.53. The third-order valence-electron chi connectivity index (χ3n) is 8.82. The molecular weight excluding hydrogens is 653 g/mol. The Labute approximate surface area is 430 Å². The molecule has 0 unspecified atom stereocenters. The zero-order valence-corrected chi connectivity index (χ0v) is 31.0. The van der Waals surface area contributed by atoms with E-state index in [1.807, 2.05) is 0 Å². The molecule has 0 amide bonds. The maximum atomic E-state index is 10.5. The number of rotatable bonds is 8. The molecule has 54 heavy (non-hydrogen) atoms. The van der Waals surface area contributed by atoms with E-state index in [0.29, 0.717) is 0 Å². The third-order valence-corrected chi connectivity index (χ3v) is 8.82. The first-order valence-corrected chi connectivity index (χ1v) is 17.5. The van der Waals surface area contributed by atoms with Crippen LogP contribution in [0.15, 0.2) is 145 Å². The van der Waals surface area contributed by atoms with Crippen molar-refractivity contribution in [1.29, 1.82) is 0 Å². The molecule has 0 aliphatic heterocycles. The molecule has 0 spiro atoms. The number of hydrogen-bond acceptors (Lipinski definition) is 2. The van der Waals surface area contributed by atoms with Crippen molar-refractivity contribution < 1.29 is 106 Å². The topological polar surface area (TPSA) is 6.48 Å². The van der Waals surface area contributed by atoms with Crippen LogP contribution in [0.25, 0.3) is 32.3 Å². The third kappa shape index (κ3) is 6.51. The molecule has 2 heteroatoms. The smallest absolute Gasteiger partial charge is 0.0652 e. The van der Waals surface area contributed by atoms with Gasteiger partial charge in [-0.2, -0.15) is 0 Å². The summed E-state index contributed by atoms with van der Waals surface area (Å²) in [7, 11) is 0. The van der Waals surface area contributed by atoms with Crippen molar-refractivity contribution in [1.82, 2.24) is 0 Å². The SMILES string of the molecule is [2HH].[2H][2H].[2H][2H].[2H][2H].[2H][2H].[2H][2H].[2H][2H].[2H][2H].[2H][2H].[2H][2H].[2H][2H].[2H][2H].[2H][2H].[2H][2H].[2H][2H].[2H][2H].[2H][2H].[2H][2H].[2H][2H].[2H][2H].[2H][2H].[2H][2H].[2H][2H].[2H][2H].[2H][2H].[2H]c1c(C)c([2H])c(N(c2c([2H])c([2H])c(C(C)C)c([2H])c2[2H])c2c([2H])c3c4c([2H])c([2H])c([2H])c([2H])c4c(N(c4c([2H])c([2H])c(C(C)C)c([2H])c4[2H])c4c([2H])c(C)c([2H])c(C)c4[2H])c([2H])c3c3c([2H])c([2H])c([2H])c([2H])c23)c([2H])c1C. The van der Waals surface area contributed by atoms with Crippen LogP contribution in [0.2, 0.25) is 0 Å². The van der Waals surface area contributed by atoms with Gasteiger partial charge in [-0.3, -0.25) is 0 Å². The van der Waals surface area contributed by atoms with Crippen LogP contribution >= 0.6 is 0 Å². The van der Waals surface area contributed by atoms with Crippen molar-refractivity contribution in [3.63, 3.8) is 0 Å². The van der Waals surface area contributed by atoms with Crippen LogP contribution in [0.5, 0.6) is 0 Å². The van der Waals surface area contributed by atoms with E-state index in [-0.39, 0.29) is 46.9 Å². The zero-order valence-electron chi connectivity index (χ0n) is 103. The molecule has 0 aliphatic carbocycles. The minimum absolute atomic E-state index is 0. The van der Waals surface area contributed by atoms with Crippen LogP contribution in [0.4, 0.5) is 34.1 Å². The lowest BCUT2D eigenvalue weighted by Gasteiger charge is -2.30. The van der Waals surface area contributed by atoms with Gasteiger partial charge in [0.25, 0.3) is 0 Å². The van der Waals surface area contributed by atoms with Crippen LogP contribution in [0.3, 0.4) is 0 Å². The second kappa shape index (κ2) is 14.2. The predicted molar refractivity (Wildman–Crippen MR) is 288 cm³/mol. The van der Waals surface area contributed by atoms with E-state index >= 15 is 0 Å². The Kier molecular flexibility index (Phi) is 2.64. The number of fused-ring (bicyclic) bond motifs is 5. The lowest BCUT2D eigenvalue weighted by atomic mass is 9.93. The van der Waals surface area contributed by atoms with E-state index in [0.717, 1.165) is 9.80 Å². The molecule has 0 aliphatic rings. The Morgan fingerprint density at radius 1 is 0.389 bits per heavy atom. The molecule has 0 radical (unpaired) electrons. The van der Waals surface area contributed by atoms with Gasteiger partial charge in [-0.05, 0) is 155 Å². The Bertz CT molecular complexity index is 3720. The van der Waals surface area contributed by atoms with E-state index in [1.54, 1.807) is 27.7 Å². The van der Waals surface area contributed by atoms with Crippen LogP contribution in [-0.4, -0.2) is 0 Å². The largest absolute Gasteiger partial charge is 0.310 e. The molecule has 2 nitrogen and oxygen atoms in total. The summed E-state index contributed by atoms with van der Waals surface area (Å²) in [6.45, 7) is 12.0. The molecule has 0 atom stereocenters. The summed E-state index contributed by atoms with van der Waals surface area (Å²) < 4.78 is 467. The summed E-state index contributed by atoms with van der Waals surface area (Å²) in [5.74, 6) is -1.22. The minimum atomic E-state index is -0.962. The number of benzene rings is 8. The monoisotopic (exact) mass is 826 g/mol. The molecule has 8 aromatic rings. The highest BCUT2D eigenvalue weighted by Crippen LogP contribution is 2.48. The van der Waals surface area contributed by atoms with Crippen LogP contribution in [0.1, 0.15) is 179 Å². The van der Waals surface area contributed by atoms with Gasteiger partial charge in [0.1, 0.15) is 0 Å². The van der Waals surface area contributed by atoms with Crippen molar-refractivity contribution in [2.45, 2.75) is 67.2 Å². The second-order valence-corrected chi connectivity index (χ2v) is 13.6. The highest BCUT2D eigenvalue weighted by Gasteiger charge is 2.23. The lowest BCUT2D eigenvalue weighted by molar-refractivity contribution is 0.866. The molecule has 0 saturated carbocycles. The van der Waals surface area contributed by atoms with Crippen molar-refractivity contribution in [2.24, 2.45) is 0 Å². The molecule has 8 rings (SSSR count). The van der Waals surface area contributed by atoms with Crippen LogP contribution < -0.4 is 9.80 Å². The average molecular weight is 827 g/mol. The highest BCUT2D eigenvalue weighted by atomic mass is 15.2. The first-order chi connectivity index (χ1) is 60.1. The minimum Gasteiger partial charge on any atom is -0.310 e. The Hall–Kier alpha value is -5.86. The van der Waals surface area contributed by atoms with Gasteiger partial charge in [-0.1, -0.05) is 112 Å². The number of nitrogens with zero attached hydrogens (tertiary/aromatic N) is 2. The molecule has 8 aromatic carbocycles. The van der Waals surface area contributed by atoms with Crippen molar-refractivity contribution in [2.75, 3.05) is 9.80 Å². The van der Waals surface area contributed by atoms with Gasteiger partial charge >= 0.3 is 0 Å². The van der Waals surface area contributed by atoms with Crippen molar-refractivity contribution in [3.8, 4) is 0 Å². The quantitative estimate of drug-likeness (QED) is 0.141. The van der Waals surface area contributed by atoms with Gasteiger partial charge < -0.3 is 9.80 Å². The Morgan fingerprint density at radius 2 is 0.704 bits per heavy atom. The normalized spacial score (nSPS) is 21.4. The van der Waals surface area contributed by atoms with Gasteiger partial charge in [0, 0.05) is 106 Å². The van der Waals surface area contributed by atoms with Gasteiger partial charge in [0.15, 0.2) is 0 Å². The predicted octanol–water partition coefficient (Wildman–Crippen LogP) is 21.7. The van der Waals surface area contributed by atoms with Crippen molar-refractivity contribution >= 4 is 66.4 Å². The van der Waals surface area contributed by atoms with Gasteiger partial charge in [-0.25, -0.2) is 0 Å². The first kappa shape index (κ1) is 10.1. The van der Waals surface area contributed by atoms with Gasteiger partial charge in [0.05, 0.1) is 44.3 Å². The lowest BCUT2D eigenvalue weighted by Crippen LogP contribution is -2.12. The van der Waals surface area contributed by atoms with E-state index in [1.165, 1.54) is 27.7 Å². The summed E-state index contributed by atoms with van der Waals surface area (Å²) in [6, 6.07) is -18.0. The molecule has 318 valence electrons. The second-order valence-electron chi connectivity index (χ2n) is 13.6. The fraction of sp³-hybridized carbons (Fsp3) is 0.192. The molecule has 0 fully saturated rings. The van der Waals surface area contributed by atoms with Crippen LogP contribution in [-0.2, 0) is 0 Å². The molecule has 0 aromatic heterocycles. The van der Waals surface area contributed by atoms with Crippen molar-refractivity contribution in [3.05, 3.63) is 178 Å². The zero-order chi connectivity index (χ0) is 107. The maximum absolute atomic E-state index is 10.5. The van der Waals surface area contributed by atoms with E-state index in [4.69, 9.17) is 79.5 Å². The standard InChI is InChI=1S/C52H50N2.25H2/c1-33(2)39-17-21-41(22-18-39)53(43-27-35(5)25-36(6)28-43)51-31-49-46-14-10-12-16-48(46)52(32-50(49)45-13-9-11-15-47(45)51)54(44-29-37(7)26-38(8)30-44)42-23-19-40(20-24-42)34(3)4;;;;;;;;;;;;;;;;;;;;;;;;;/h9-34H,1-8H3;25*1H/i9D,10D,11D,12D,13D,14D,15D,16D,17D,18D,19D,20D,21D,22D,23D,24D,25D,26D,27D,28D,29D,30D,31D,32D;24*1+1D;1+1.